The maximum atomic E-state index is 12.8. The summed E-state index contributed by atoms with van der Waals surface area (Å²) in [6, 6.07) is 10.6. The number of hydrogen-bond acceptors (Lipinski definition) is 2. The van der Waals surface area contributed by atoms with E-state index in [4.69, 9.17) is 0 Å². The fourth-order valence-electron chi connectivity index (χ4n) is 4.24. The van der Waals surface area contributed by atoms with Crippen LogP contribution in [0.5, 0.6) is 0 Å². The molecule has 2 heteroatoms. The Bertz CT molecular complexity index is 456. The van der Waals surface area contributed by atoms with Crippen molar-refractivity contribution in [3.05, 3.63) is 35.9 Å². The lowest BCUT2D eigenvalue weighted by Gasteiger charge is -2.42. The van der Waals surface area contributed by atoms with Gasteiger partial charge in [-0.15, -0.1) is 0 Å². The number of benzene rings is 1. The monoisotopic (exact) mass is 271 g/mol. The van der Waals surface area contributed by atoms with E-state index < -0.39 is 0 Å². The third kappa shape index (κ3) is 2.54. The lowest BCUT2D eigenvalue weighted by molar-refractivity contribution is 0.0508. The van der Waals surface area contributed by atoms with Crippen molar-refractivity contribution >= 4 is 5.78 Å². The summed E-state index contributed by atoms with van der Waals surface area (Å²) < 4.78 is 0. The fraction of sp³-hybridized carbons (Fsp3) is 0.611. The minimum atomic E-state index is 0.0864. The molecule has 0 spiro atoms. The van der Waals surface area contributed by atoms with Crippen LogP contribution in [0.2, 0.25) is 0 Å². The Labute approximate surface area is 122 Å². The first-order chi connectivity index (χ1) is 9.81. The zero-order valence-corrected chi connectivity index (χ0v) is 12.4. The first kappa shape index (κ1) is 13.8. The number of hydrogen-bond donors (Lipinski definition) is 0. The molecule has 108 valence electrons. The summed E-state index contributed by atoms with van der Waals surface area (Å²) in [4.78, 5) is 15.4. The SMILES string of the molecule is CCC(C(=O)c1ccccc1)N1CCCC2CCCC21. The number of likely N-dealkylation sites (tertiary alicyclic amines) is 1. The summed E-state index contributed by atoms with van der Waals surface area (Å²) in [5, 5.41) is 0. The first-order valence-electron chi connectivity index (χ1n) is 8.16. The molecule has 1 heterocycles. The van der Waals surface area contributed by atoms with E-state index in [-0.39, 0.29) is 6.04 Å². The Morgan fingerprint density at radius 3 is 2.70 bits per heavy atom. The summed E-state index contributed by atoms with van der Waals surface area (Å²) in [5.74, 6) is 1.17. The van der Waals surface area contributed by atoms with Gasteiger partial charge in [0, 0.05) is 11.6 Å². The lowest BCUT2D eigenvalue weighted by atomic mass is 9.88. The number of piperidine rings is 1. The smallest absolute Gasteiger partial charge is 0.179 e. The molecule has 0 bridgehead atoms. The van der Waals surface area contributed by atoms with E-state index >= 15 is 0 Å². The summed E-state index contributed by atoms with van der Waals surface area (Å²) in [5.41, 5.74) is 0.875. The molecule has 1 saturated carbocycles. The largest absolute Gasteiger partial charge is 0.292 e. The van der Waals surface area contributed by atoms with E-state index in [1.165, 1.54) is 32.1 Å². The molecule has 0 aromatic heterocycles. The van der Waals surface area contributed by atoms with Crippen LogP contribution in [0, 0.1) is 5.92 Å². The van der Waals surface area contributed by atoms with Crippen molar-refractivity contribution in [3.63, 3.8) is 0 Å². The highest BCUT2D eigenvalue weighted by Crippen LogP contribution is 2.38. The maximum absolute atomic E-state index is 12.8. The number of fused-ring (bicyclic) bond motifs is 1. The molecule has 0 radical (unpaired) electrons. The molecule has 0 N–H and O–H groups in total. The molecule has 1 aliphatic heterocycles. The van der Waals surface area contributed by atoms with Crippen molar-refractivity contribution in [3.8, 4) is 0 Å². The van der Waals surface area contributed by atoms with E-state index in [1.54, 1.807) is 0 Å². The topological polar surface area (TPSA) is 20.3 Å². The third-order valence-corrected chi connectivity index (χ3v) is 5.18. The van der Waals surface area contributed by atoms with Crippen LogP contribution >= 0.6 is 0 Å². The van der Waals surface area contributed by atoms with Crippen LogP contribution in [0.4, 0.5) is 0 Å². The minimum Gasteiger partial charge on any atom is -0.292 e. The number of ketones is 1. The Balaban J connectivity index is 1.80. The molecule has 1 aromatic carbocycles. The highest BCUT2D eigenvalue weighted by Gasteiger charge is 2.39. The van der Waals surface area contributed by atoms with Crippen LogP contribution < -0.4 is 0 Å². The average molecular weight is 271 g/mol. The van der Waals surface area contributed by atoms with E-state index in [0.717, 1.165) is 24.4 Å². The van der Waals surface area contributed by atoms with Crippen LogP contribution in [-0.2, 0) is 0 Å². The van der Waals surface area contributed by atoms with Crippen LogP contribution in [0.1, 0.15) is 55.8 Å². The van der Waals surface area contributed by atoms with Gasteiger partial charge in [-0.3, -0.25) is 9.69 Å². The number of carbonyl (C=O) groups is 1. The number of carbonyl (C=O) groups excluding carboxylic acids is 1. The zero-order chi connectivity index (χ0) is 13.9. The predicted molar refractivity (Wildman–Crippen MR) is 81.9 cm³/mol. The summed E-state index contributed by atoms with van der Waals surface area (Å²) >= 11 is 0. The van der Waals surface area contributed by atoms with Crippen molar-refractivity contribution in [2.24, 2.45) is 5.92 Å². The Hall–Kier alpha value is -1.15. The van der Waals surface area contributed by atoms with Gasteiger partial charge in [-0.05, 0) is 44.6 Å². The Morgan fingerprint density at radius 2 is 1.95 bits per heavy atom. The highest BCUT2D eigenvalue weighted by atomic mass is 16.1. The standard InChI is InChI=1S/C18H25NO/c1-2-16(18(20)15-8-4-3-5-9-15)19-13-7-11-14-10-6-12-17(14)19/h3-5,8-9,14,16-17H,2,6-7,10-13H2,1H3. The molecular formula is C18H25NO. The number of nitrogens with zero attached hydrogens (tertiary/aromatic N) is 1. The second-order valence-corrected chi connectivity index (χ2v) is 6.29. The van der Waals surface area contributed by atoms with Crippen LogP contribution in [0.15, 0.2) is 30.3 Å². The van der Waals surface area contributed by atoms with Gasteiger partial charge in [0.15, 0.2) is 5.78 Å². The van der Waals surface area contributed by atoms with Gasteiger partial charge in [0.25, 0.3) is 0 Å². The van der Waals surface area contributed by atoms with Gasteiger partial charge < -0.3 is 0 Å². The summed E-state index contributed by atoms with van der Waals surface area (Å²) in [6.45, 7) is 3.27. The average Bonchev–Trinajstić information content (AvgIpc) is 2.98. The van der Waals surface area contributed by atoms with E-state index in [2.05, 4.69) is 11.8 Å². The zero-order valence-electron chi connectivity index (χ0n) is 12.4. The molecule has 20 heavy (non-hydrogen) atoms. The van der Waals surface area contributed by atoms with E-state index in [0.29, 0.717) is 11.8 Å². The molecule has 1 aliphatic carbocycles. The quantitative estimate of drug-likeness (QED) is 0.774. The van der Waals surface area contributed by atoms with E-state index in [1.807, 2.05) is 30.3 Å². The van der Waals surface area contributed by atoms with Crippen molar-refractivity contribution < 1.29 is 4.79 Å². The molecule has 2 fully saturated rings. The molecule has 1 saturated heterocycles. The van der Waals surface area contributed by atoms with E-state index in [9.17, 15) is 4.79 Å². The van der Waals surface area contributed by atoms with Gasteiger partial charge in [-0.25, -0.2) is 0 Å². The first-order valence-corrected chi connectivity index (χ1v) is 8.16. The van der Waals surface area contributed by atoms with Gasteiger partial charge in [0.2, 0.25) is 0 Å². The molecule has 0 amide bonds. The summed E-state index contributed by atoms with van der Waals surface area (Å²) in [6.07, 6.45) is 7.58. The molecule has 2 aliphatic rings. The van der Waals surface area contributed by atoms with Crippen LogP contribution in [0.25, 0.3) is 0 Å². The molecule has 3 rings (SSSR count). The molecule has 3 unspecified atom stereocenters. The van der Waals surface area contributed by atoms with Gasteiger partial charge >= 0.3 is 0 Å². The normalized spacial score (nSPS) is 28.1. The molecule has 1 aromatic rings. The van der Waals surface area contributed by atoms with Crippen molar-refractivity contribution in [2.75, 3.05) is 6.54 Å². The lowest BCUT2D eigenvalue weighted by Crippen LogP contribution is -2.51. The minimum absolute atomic E-state index is 0.0864. The summed E-state index contributed by atoms with van der Waals surface area (Å²) in [7, 11) is 0. The Morgan fingerprint density at radius 1 is 1.20 bits per heavy atom. The second kappa shape index (κ2) is 6.09. The fourth-order valence-corrected chi connectivity index (χ4v) is 4.24. The number of Topliss-reactive ketones (excluding diaryl/α,β-unsaturated/α-hetero) is 1. The van der Waals surface area contributed by atoms with Gasteiger partial charge in [0.05, 0.1) is 6.04 Å². The maximum Gasteiger partial charge on any atom is 0.179 e. The Kier molecular flexibility index (Phi) is 4.21. The van der Waals surface area contributed by atoms with Crippen molar-refractivity contribution in [1.82, 2.24) is 4.90 Å². The predicted octanol–water partition coefficient (Wildman–Crippen LogP) is 3.91. The van der Waals surface area contributed by atoms with Gasteiger partial charge in [-0.2, -0.15) is 0 Å². The molecule has 3 atom stereocenters. The van der Waals surface area contributed by atoms with Crippen molar-refractivity contribution in [1.29, 1.82) is 0 Å². The third-order valence-electron chi connectivity index (χ3n) is 5.18. The van der Waals surface area contributed by atoms with Gasteiger partial charge in [-0.1, -0.05) is 43.7 Å². The van der Waals surface area contributed by atoms with Crippen LogP contribution in [0.3, 0.4) is 0 Å². The highest BCUT2D eigenvalue weighted by molar-refractivity contribution is 6.00. The molecule has 2 nitrogen and oxygen atoms in total. The van der Waals surface area contributed by atoms with Gasteiger partial charge in [0.1, 0.15) is 0 Å². The molecular weight excluding hydrogens is 246 g/mol. The van der Waals surface area contributed by atoms with Crippen molar-refractivity contribution in [2.45, 2.75) is 57.5 Å². The second-order valence-electron chi connectivity index (χ2n) is 6.29. The van der Waals surface area contributed by atoms with Crippen LogP contribution in [-0.4, -0.2) is 29.3 Å². The number of rotatable bonds is 4.